The first-order valence-electron chi connectivity index (χ1n) is 7.79. The Morgan fingerprint density at radius 2 is 1.74 bits per heavy atom. The monoisotopic (exact) mass is 394 g/mol. The van der Waals surface area contributed by atoms with Gasteiger partial charge in [0, 0.05) is 0 Å². The molecule has 0 fully saturated rings. The van der Waals surface area contributed by atoms with Gasteiger partial charge in [0.25, 0.3) is 0 Å². The second kappa shape index (κ2) is 9.84. The van der Waals surface area contributed by atoms with E-state index in [-0.39, 0.29) is 15.0 Å². The Morgan fingerprint density at radius 1 is 1.13 bits per heavy atom. The molecular weight excluding hydrogens is 371 g/mol. The molecule has 0 aliphatic heterocycles. The topological polar surface area (TPSA) is 37.3 Å². The summed E-state index contributed by atoms with van der Waals surface area (Å²) in [6.07, 6.45) is 2.23. The van der Waals surface area contributed by atoms with Crippen molar-refractivity contribution < 1.29 is 9.32 Å². The van der Waals surface area contributed by atoms with Crippen LogP contribution in [0.5, 0.6) is 0 Å². The molecule has 2 atom stereocenters. The number of unbranched alkanes of at least 4 members (excludes halogenated alkanes) is 1. The van der Waals surface area contributed by atoms with Gasteiger partial charge >= 0.3 is 147 Å². The van der Waals surface area contributed by atoms with Crippen molar-refractivity contribution in [3.63, 3.8) is 0 Å². The standard InChI is InChI=1S/C19H22O2SSe/c1-2-3-14-18(20)19(23-17-12-8-5-9-13-17)15-22(21)16-10-6-4-7-11-16/h4-13,15,18,20H,2-3,14H2,1H3/b19-15+. The molecular formula is C19H22O2SSe. The molecule has 0 radical (unpaired) electrons. The zero-order valence-electron chi connectivity index (χ0n) is 13.2. The normalized spacial score (nSPS) is 14.4. The summed E-state index contributed by atoms with van der Waals surface area (Å²) in [6, 6.07) is 19.5. The quantitative estimate of drug-likeness (QED) is 0.700. The summed E-state index contributed by atoms with van der Waals surface area (Å²) in [4.78, 5) is 0.775. The fourth-order valence-electron chi connectivity index (χ4n) is 2.06. The predicted molar refractivity (Wildman–Crippen MR) is 98.3 cm³/mol. The van der Waals surface area contributed by atoms with Crippen LogP contribution in [-0.2, 0) is 10.8 Å². The van der Waals surface area contributed by atoms with Crippen LogP contribution in [0.2, 0.25) is 0 Å². The number of hydrogen-bond acceptors (Lipinski definition) is 2. The van der Waals surface area contributed by atoms with Gasteiger partial charge < -0.3 is 0 Å². The number of hydrogen-bond donors (Lipinski definition) is 1. The van der Waals surface area contributed by atoms with Crippen molar-refractivity contribution in [1.29, 1.82) is 0 Å². The van der Waals surface area contributed by atoms with E-state index in [0.29, 0.717) is 0 Å². The average Bonchev–Trinajstić information content (AvgIpc) is 2.60. The zero-order valence-corrected chi connectivity index (χ0v) is 15.8. The molecule has 0 bridgehead atoms. The Bertz CT molecular complexity index is 641. The molecule has 1 N–H and O–H groups in total. The molecule has 2 nitrogen and oxygen atoms in total. The third-order valence-corrected chi connectivity index (χ3v) is 7.26. The molecule has 0 aliphatic carbocycles. The van der Waals surface area contributed by atoms with Crippen molar-refractivity contribution in [2.45, 2.75) is 37.2 Å². The number of aliphatic hydroxyl groups is 1. The van der Waals surface area contributed by atoms with Crippen molar-refractivity contribution in [2.75, 3.05) is 0 Å². The van der Waals surface area contributed by atoms with Gasteiger partial charge in [-0.05, 0) is 0 Å². The van der Waals surface area contributed by atoms with Crippen LogP contribution < -0.4 is 4.46 Å². The van der Waals surface area contributed by atoms with Crippen molar-refractivity contribution >= 4 is 30.2 Å². The molecule has 4 heteroatoms. The van der Waals surface area contributed by atoms with E-state index in [1.807, 2.05) is 48.5 Å². The Hall–Kier alpha value is -1.19. The third-order valence-electron chi connectivity index (χ3n) is 3.34. The van der Waals surface area contributed by atoms with E-state index in [0.717, 1.165) is 28.6 Å². The minimum atomic E-state index is -1.22. The zero-order chi connectivity index (χ0) is 16.5. The Balaban J connectivity index is 2.21. The Labute approximate surface area is 147 Å². The molecule has 122 valence electrons. The van der Waals surface area contributed by atoms with E-state index in [1.165, 1.54) is 4.46 Å². The molecule has 0 aliphatic rings. The molecule has 2 aromatic carbocycles. The maximum absolute atomic E-state index is 12.6. The van der Waals surface area contributed by atoms with Gasteiger partial charge in [0.15, 0.2) is 0 Å². The van der Waals surface area contributed by atoms with E-state index in [1.54, 1.807) is 5.41 Å². The summed E-state index contributed by atoms with van der Waals surface area (Å²) in [5.41, 5.74) is 0. The van der Waals surface area contributed by atoms with E-state index >= 15 is 0 Å². The first-order chi connectivity index (χ1) is 11.2. The second-order valence-corrected chi connectivity index (χ2v) is 8.91. The van der Waals surface area contributed by atoms with Gasteiger partial charge in [-0.15, -0.1) is 0 Å². The minimum absolute atomic E-state index is 0.0150. The SMILES string of the molecule is CCCCC(O)/C(=C\S(=O)c1ccccc1)[Se]c1ccccc1. The van der Waals surface area contributed by atoms with Gasteiger partial charge in [0.05, 0.1) is 0 Å². The van der Waals surface area contributed by atoms with Gasteiger partial charge in [-0.25, -0.2) is 0 Å². The van der Waals surface area contributed by atoms with Crippen LogP contribution in [0.15, 0.2) is 75.4 Å². The van der Waals surface area contributed by atoms with Crippen LogP contribution in [0.3, 0.4) is 0 Å². The van der Waals surface area contributed by atoms with Crippen molar-refractivity contribution in [1.82, 2.24) is 0 Å². The van der Waals surface area contributed by atoms with Crippen LogP contribution in [0.25, 0.3) is 0 Å². The van der Waals surface area contributed by atoms with Gasteiger partial charge in [-0.1, -0.05) is 0 Å². The van der Waals surface area contributed by atoms with E-state index < -0.39 is 16.9 Å². The molecule has 0 aromatic heterocycles. The molecule has 0 spiro atoms. The van der Waals surface area contributed by atoms with Crippen LogP contribution in [-0.4, -0.2) is 30.4 Å². The van der Waals surface area contributed by atoms with Crippen LogP contribution in [0.1, 0.15) is 26.2 Å². The van der Waals surface area contributed by atoms with Crippen LogP contribution in [0.4, 0.5) is 0 Å². The summed E-state index contributed by atoms with van der Waals surface area (Å²) < 4.78 is 14.6. The molecule has 0 heterocycles. The number of benzene rings is 2. The van der Waals surface area contributed by atoms with E-state index in [2.05, 4.69) is 19.1 Å². The molecule has 2 rings (SSSR count). The van der Waals surface area contributed by atoms with Crippen LogP contribution in [0, 0.1) is 0 Å². The summed E-state index contributed by atoms with van der Waals surface area (Å²) in [6.45, 7) is 2.11. The van der Waals surface area contributed by atoms with Crippen LogP contribution >= 0.6 is 0 Å². The summed E-state index contributed by atoms with van der Waals surface area (Å²) in [7, 11) is -1.22. The molecule has 2 aromatic rings. The van der Waals surface area contributed by atoms with Crippen molar-refractivity contribution in [3.8, 4) is 0 Å². The Morgan fingerprint density at radius 3 is 2.35 bits per heavy atom. The van der Waals surface area contributed by atoms with Crippen molar-refractivity contribution in [2.24, 2.45) is 0 Å². The summed E-state index contributed by atoms with van der Waals surface area (Å²) in [5, 5.41) is 12.3. The first-order valence-corrected chi connectivity index (χ1v) is 10.7. The first kappa shape index (κ1) is 18.2. The number of rotatable bonds is 8. The molecule has 2 unspecified atom stereocenters. The molecule has 0 saturated heterocycles. The van der Waals surface area contributed by atoms with Gasteiger partial charge in [0.2, 0.25) is 0 Å². The van der Waals surface area contributed by atoms with Gasteiger partial charge in [0.1, 0.15) is 0 Å². The fourth-order valence-corrected chi connectivity index (χ4v) is 5.61. The van der Waals surface area contributed by atoms with Gasteiger partial charge in [-0.2, -0.15) is 0 Å². The van der Waals surface area contributed by atoms with Gasteiger partial charge in [-0.3, -0.25) is 0 Å². The van der Waals surface area contributed by atoms with Crippen molar-refractivity contribution in [3.05, 3.63) is 70.5 Å². The molecule has 0 saturated carbocycles. The second-order valence-electron chi connectivity index (χ2n) is 5.20. The number of aliphatic hydroxyl groups excluding tert-OH is 1. The summed E-state index contributed by atoms with van der Waals surface area (Å²) >= 11 is -0.0150. The molecule has 23 heavy (non-hydrogen) atoms. The van der Waals surface area contributed by atoms with E-state index in [4.69, 9.17) is 0 Å². The maximum atomic E-state index is 12.6. The third kappa shape index (κ3) is 6.08. The van der Waals surface area contributed by atoms with E-state index in [9.17, 15) is 9.32 Å². The predicted octanol–water partition coefficient (Wildman–Crippen LogP) is 3.22. The molecule has 0 amide bonds. The Kier molecular flexibility index (Phi) is 7.77. The average molecular weight is 393 g/mol. The summed E-state index contributed by atoms with van der Waals surface area (Å²) in [5.74, 6) is 0. The fraction of sp³-hybridized carbons (Fsp3) is 0.263.